The Morgan fingerprint density at radius 3 is 2.18 bits per heavy atom. The molecule has 1 atom stereocenters. The molecular weight excluding hydrogens is 294 g/mol. The van der Waals surface area contributed by atoms with Crippen molar-refractivity contribution in [1.29, 1.82) is 0 Å². The van der Waals surface area contributed by atoms with E-state index in [1.54, 1.807) is 6.08 Å². The lowest BCUT2D eigenvalue weighted by Gasteiger charge is -2.20. The minimum Gasteiger partial charge on any atom is -0.207 e. The van der Waals surface area contributed by atoms with Crippen LogP contribution in [0.15, 0.2) is 34.9 Å². The van der Waals surface area contributed by atoms with E-state index < -0.39 is 10.0 Å². The van der Waals surface area contributed by atoms with Crippen molar-refractivity contribution < 1.29 is 8.42 Å². The van der Waals surface area contributed by atoms with Gasteiger partial charge in [-0.05, 0) is 56.4 Å². The first-order valence-corrected chi connectivity index (χ1v) is 9.18. The number of rotatable bonds is 6. The summed E-state index contributed by atoms with van der Waals surface area (Å²) in [6.07, 6.45) is 4.57. The van der Waals surface area contributed by atoms with Gasteiger partial charge >= 0.3 is 0 Å². The van der Waals surface area contributed by atoms with E-state index in [1.165, 1.54) is 0 Å². The van der Waals surface area contributed by atoms with Gasteiger partial charge in [0.2, 0.25) is 10.0 Å². The highest BCUT2D eigenvalue weighted by atomic mass is 32.2. The van der Waals surface area contributed by atoms with Crippen LogP contribution in [0.3, 0.4) is 0 Å². The molecule has 22 heavy (non-hydrogen) atoms. The van der Waals surface area contributed by atoms with Crippen molar-refractivity contribution in [2.75, 3.05) is 0 Å². The van der Waals surface area contributed by atoms with E-state index in [0.29, 0.717) is 4.90 Å². The highest BCUT2D eigenvalue weighted by Gasteiger charge is 2.24. The zero-order chi connectivity index (χ0) is 16.9. The second-order valence-corrected chi connectivity index (χ2v) is 7.72. The fourth-order valence-corrected chi connectivity index (χ4v) is 4.26. The SMILES string of the molecule is CCC=C=C[C@@H](NS(=O)(=O)c1c(C)cc(C)cc1C)C(C)C. The number of nitrogens with one attached hydrogen (secondary N) is 1. The Kier molecular flexibility index (Phi) is 6.61. The molecule has 0 saturated heterocycles. The fraction of sp³-hybridized carbons (Fsp3) is 0.500. The Labute approximate surface area is 135 Å². The lowest BCUT2D eigenvalue weighted by Crippen LogP contribution is -2.37. The molecule has 3 nitrogen and oxygen atoms in total. The largest absolute Gasteiger partial charge is 0.241 e. The number of aryl methyl sites for hydroxylation is 3. The molecule has 0 fully saturated rings. The van der Waals surface area contributed by atoms with Crippen molar-refractivity contribution in [2.45, 2.75) is 58.9 Å². The monoisotopic (exact) mass is 321 g/mol. The third kappa shape index (κ3) is 4.84. The molecule has 0 radical (unpaired) electrons. The van der Waals surface area contributed by atoms with E-state index >= 15 is 0 Å². The van der Waals surface area contributed by atoms with Crippen LogP contribution in [-0.4, -0.2) is 14.5 Å². The average molecular weight is 321 g/mol. The Bertz CT molecular complexity index is 658. The molecule has 1 aromatic carbocycles. The smallest absolute Gasteiger partial charge is 0.207 e. The summed E-state index contributed by atoms with van der Waals surface area (Å²) in [5.41, 5.74) is 5.68. The number of benzene rings is 1. The minimum atomic E-state index is -3.55. The van der Waals surface area contributed by atoms with Gasteiger partial charge in [-0.25, -0.2) is 13.1 Å². The second-order valence-electron chi connectivity index (χ2n) is 6.06. The molecule has 1 rings (SSSR count). The Balaban J connectivity index is 3.22. The highest BCUT2D eigenvalue weighted by molar-refractivity contribution is 7.89. The van der Waals surface area contributed by atoms with Crippen molar-refractivity contribution in [3.8, 4) is 0 Å². The van der Waals surface area contributed by atoms with Gasteiger partial charge in [0, 0.05) is 6.04 Å². The quantitative estimate of drug-likeness (QED) is 0.804. The molecule has 4 heteroatoms. The third-order valence-electron chi connectivity index (χ3n) is 3.48. The van der Waals surface area contributed by atoms with Crippen LogP contribution >= 0.6 is 0 Å². The summed E-state index contributed by atoms with van der Waals surface area (Å²) < 4.78 is 28.3. The zero-order valence-corrected chi connectivity index (χ0v) is 15.2. The molecule has 122 valence electrons. The summed E-state index contributed by atoms with van der Waals surface area (Å²) in [4.78, 5) is 0.386. The normalized spacial score (nSPS) is 12.9. The molecule has 0 unspecified atom stereocenters. The summed E-state index contributed by atoms with van der Waals surface area (Å²) in [6.45, 7) is 11.7. The molecule has 1 aromatic rings. The van der Waals surface area contributed by atoms with Crippen molar-refractivity contribution in [3.05, 3.63) is 46.7 Å². The first-order valence-electron chi connectivity index (χ1n) is 7.70. The van der Waals surface area contributed by atoms with Gasteiger partial charge in [-0.2, -0.15) is 0 Å². The molecule has 1 N–H and O–H groups in total. The van der Waals surface area contributed by atoms with Crippen LogP contribution < -0.4 is 4.72 Å². The van der Waals surface area contributed by atoms with Gasteiger partial charge in [0.05, 0.1) is 4.90 Å². The van der Waals surface area contributed by atoms with Crippen molar-refractivity contribution in [1.82, 2.24) is 4.72 Å². The van der Waals surface area contributed by atoms with E-state index in [2.05, 4.69) is 10.5 Å². The van der Waals surface area contributed by atoms with E-state index in [4.69, 9.17) is 0 Å². The maximum atomic E-state index is 12.8. The molecule has 0 heterocycles. The first kappa shape index (κ1) is 18.7. The van der Waals surface area contributed by atoms with Crippen LogP contribution in [0.2, 0.25) is 0 Å². The van der Waals surface area contributed by atoms with E-state index in [9.17, 15) is 8.42 Å². The Hall–Kier alpha value is -1.35. The summed E-state index contributed by atoms with van der Waals surface area (Å²) in [5.74, 6) is 0.151. The standard InChI is InChI=1S/C18H27NO2S/c1-7-8-9-10-17(13(2)3)19-22(20,21)18-15(5)11-14(4)12-16(18)6/h8,10-13,17,19H,7H2,1-6H3/t9?,17-/m1/s1. The number of sulfonamides is 1. The van der Waals surface area contributed by atoms with Crippen molar-refractivity contribution in [3.63, 3.8) is 0 Å². The van der Waals surface area contributed by atoms with Gasteiger partial charge in [0.15, 0.2) is 0 Å². The van der Waals surface area contributed by atoms with Crippen molar-refractivity contribution >= 4 is 10.0 Å². The lowest BCUT2D eigenvalue weighted by atomic mass is 10.1. The summed E-state index contributed by atoms with van der Waals surface area (Å²) >= 11 is 0. The molecular formula is C18H27NO2S. The molecule has 0 aliphatic rings. The number of hydrogen-bond donors (Lipinski definition) is 1. The Morgan fingerprint density at radius 1 is 1.18 bits per heavy atom. The maximum absolute atomic E-state index is 12.8. The van der Waals surface area contributed by atoms with Gasteiger partial charge in [-0.1, -0.05) is 38.5 Å². The van der Waals surface area contributed by atoms with E-state index in [1.807, 2.05) is 59.8 Å². The second kappa shape index (κ2) is 7.77. The Morgan fingerprint density at radius 2 is 1.73 bits per heavy atom. The summed E-state index contributed by atoms with van der Waals surface area (Å²) in [6, 6.07) is 3.53. The molecule has 0 saturated carbocycles. The highest BCUT2D eigenvalue weighted by Crippen LogP contribution is 2.22. The van der Waals surface area contributed by atoms with Crippen LogP contribution in [0.5, 0.6) is 0 Å². The summed E-state index contributed by atoms with van der Waals surface area (Å²) in [7, 11) is -3.55. The van der Waals surface area contributed by atoms with Crippen LogP contribution in [0, 0.1) is 26.7 Å². The van der Waals surface area contributed by atoms with Gasteiger partial charge in [0.25, 0.3) is 0 Å². The first-order chi connectivity index (χ1) is 10.2. The zero-order valence-electron chi connectivity index (χ0n) is 14.4. The fourth-order valence-electron chi connectivity index (χ4n) is 2.48. The third-order valence-corrected chi connectivity index (χ3v) is 5.24. The van der Waals surface area contributed by atoms with Crippen LogP contribution in [-0.2, 0) is 10.0 Å². The van der Waals surface area contributed by atoms with Gasteiger partial charge in [-0.3, -0.25) is 0 Å². The number of hydrogen-bond acceptors (Lipinski definition) is 2. The van der Waals surface area contributed by atoms with E-state index in [-0.39, 0.29) is 12.0 Å². The van der Waals surface area contributed by atoms with Gasteiger partial charge in [0.1, 0.15) is 0 Å². The topological polar surface area (TPSA) is 46.2 Å². The predicted molar refractivity (Wildman–Crippen MR) is 92.5 cm³/mol. The molecule has 0 aliphatic heterocycles. The van der Waals surface area contributed by atoms with Gasteiger partial charge in [-0.15, -0.1) is 5.73 Å². The predicted octanol–water partition coefficient (Wildman–Crippen LogP) is 4.04. The van der Waals surface area contributed by atoms with Crippen LogP contribution in [0.4, 0.5) is 0 Å². The van der Waals surface area contributed by atoms with Crippen LogP contribution in [0.25, 0.3) is 0 Å². The molecule has 0 aromatic heterocycles. The molecule has 0 bridgehead atoms. The molecule has 0 amide bonds. The molecule has 0 aliphatic carbocycles. The van der Waals surface area contributed by atoms with E-state index in [0.717, 1.165) is 23.1 Å². The van der Waals surface area contributed by atoms with Crippen molar-refractivity contribution in [2.24, 2.45) is 5.92 Å². The minimum absolute atomic E-state index is 0.151. The summed E-state index contributed by atoms with van der Waals surface area (Å²) in [5, 5.41) is 0. The molecule has 0 spiro atoms. The lowest BCUT2D eigenvalue weighted by molar-refractivity contribution is 0.508. The average Bonchev–Trinajstić information content (AvgIpc) is 2.35. The maximum Gasteiger partial charge on any atom is 0.241 e. The van der Waals surface area contributed by atoms with Crippen LogP contribution in [0.1, 0.15) is 43.9 Å². The van der Waals surface area contributed by atoms with Gasteiger partial charge < -0.3 is 0 Å².